The fourth-order valence-corrected chi connectivity index (χ4v) is 3.32. The first-order valence-electron chi connectivity index (χ1n) is 5.61. The van der Waals surface area contributed by atoms with Gasteiger partial charge in [-0.3, -0.25) is 4.79 Å². The van der Waals surface area contributed by atoms with E-state index in [2.05, 4.69) is 10.1 Å². The standard InChI is InChI=1S/C12H13N3O3S2/c1-18-12(17)9-8(13)7(10(14)16)11(20-9)15-5-6-3-2-4-19-6/h2-4,15H,5,13H2,1H3,(H2,14,16). The van der Waals surface area contributed by atoms with Gasteiger partial charge in [0.15, 0.2) is 0 Å². The lowest BCUT2D eigenvalue weighted by molar-refractivity contribution is 0.0607. The number of amides is 1. The Bertz CT molecular complexity index is 635. The highest BCUT2D eigenvalue weighted by molar-refractivity contribution is 7.19. The SMILES string of the molecule is COC(=O)c1sc(NCc2cccs2)c(C(N)=O)c1N. The molecule has 0 aliphatic rings. The van der Waals surface area contributed by atoms with Gasteiger partial charge in [0, 0.05) is 4.88 Å². The topological polar surface area (TPSA) is 107 Å². The molecule has 0 aliphatic carbocycles. The van der Waals surface area contributed by atoms with Crippen molar-refractivity contribution < 1.29 is 14.3 Å². The van der Waals surface area contributed by atoms with Gasteiger partial charge in [0.25, 0.3) is 5.91 Å². The molecule has 2 heterocycles. The largest absolute Gasteiger partial charge is 0.465 e. The van der Waals surface area contributed by atoms with Gasteiger partial charge in [-0.1, -0.05) is 6.07 Å². The smallest absolute Gasteiger partial charge is 0.350 e. The monoisotopic (exact) mass is 311 g/mol. The predicted octanol–water partition coefficient (Wildman–Crippen LogP) is 1.89. The zero-order chi connectivity index (χ0) is 14.7. The molecule has 0 unspecified atom stereocenters. The minimum absolute atomic E-state index is 0.0584. The summed E-state index contributed by atoms with van der Waals surface area (Å²) in [5.74, 6) is -1.26. The summed E-state index contributed by atoms with van der Waals surface area (Å²) in [6.45, 7) is 0.526. The number of rotatable bonds is 5. The third-order valence-corrected chi connectivity index (χ3v) is 4.59. The Hall–Kier alpha value is -2.06. The molecule has 0 saturated carbocycles. The second-order valence-electron chi connectivity index (χ2n) is 3.84. The van der Waals surface area contributed by atoms with Crippen LogP contribution in [0.2, 0.25) is 0 Å². The third-order valence-electron chi connectivity index (χ3n) is 2.57. The van der Waals surface area contributed by atoms with Crippen LogP contribution in [0.3, 0.4) is 0 Å². The maximum atomic E-state index is 11.6. The van der Waals surface area contributed by atoms with Crippen LogP contribution in [0.1, 0.15) is 24.9 Å². The molecule has 0 fully saturated rings. The first kappa shape index (κ1) is 14.4. The Morgan fingerprint density at radius 1 is 1.45 bits per heavy atom. The predicted molar refractivity (Wildman–Crippen MR) is 80.2 cm³/mol. The molecule has 0 aromatic carbocycles. The summed E-state index contributed by atoms with van der Waals surface area (Å²) in [4.78, 5) is 24.3. The summed E-state index contributed by atoms with van der Waals surface area (Å²) < 4.78 is 4.63. The zero-order valence-electron chi connectivity index (χ0n) is 10.6. The van der Waals surface area contributed by atoms with Crippen molar-refractivity contribution in [3.05, 3.63) is 32.8 Å². The number of nitrogen functional groups attached to an aromatic ring is 1. The average Bonchev–Trinajstić information content (AvgIpc) is 3.02. The molecule has 20 heavy (non-hydrogen) atoms. The number of esters is 1. The Morgan fingerprint density at radius 3 is 2.75 bits per heavy atom. The highest BCUT2D eigenvalue weighted by Crippen LogP contribution is 2.36. The number of nitrogens with two attached hydrogens (primary N) is 2. The number of anilines is 2. The van der Waals surface area contributed by atoms with Crippen molar-refractivity contribution in [1.82, 2.24) is 0 Å². The molecule has 0 bridgehead atoms. The molecule has 0 spiro atoms. The molecule has 1 amide bonds. The van der Waals surface area contributed by atoms with E-state index in [1.165, 1.54) is 7.11 Å². The van der Waals surface area contributed by atoms with Gasteiger partial charge in [-0.15, -0.1) is 22.7 Å². The lowest BCUT2D eigenvalue weighted by atomic mass is 10.2. The van der Waals surface area contributed by atoms with Crippen molar-refractivity contribution in [2.24, 2.45) is 5.73 Å². The number of primary amides is 1. The van der Waals surface area contributed by atoms with Crippen LogP contribution in [0.4, 0.5) is 10.7 Å². The lowest BCUT2D eigenvalue weighted by Gasteiger charge is -2.04. The summed E-state index contributed by atoms with van der Waals surface area (Å²) in [6, 6.07) is 3.89. The number of carbonyl (C=O) groups is 2. The first-order chi connectivity index (χ1) is 9.54. The highest BCUT2D eigenvalue weighted by atomic mass is 32.1. The van der Waals surface area contributed by atoms with Gasteiger partial charge >= 0.3 is 5.97 Å². The summed E-state index contributed by atoms with van der Waals surface area (Å²) >= 11 is 2.64. The number of hydrogen-bond acceptors (Lipinski definition) is 7. The van der Waals surface area contributed by atoms with Crippen LogP contribution in [-0.4, -0.2) is 19.0 Å². The molecule has 2 aromatic rings. The van der Waals surface area contributed by atoms with E-state index in [-0.39, 0.29) is 16.1 Å². The number of methoxy groups -OCH3 is 1. The van der Waals surface area contributed by atoms with Crippen LogP contribution in [0.15, 0.2) is 17.5 Å². The van der Waals surface area contributed by atoms with E-state index in [9.17, 15) is 9.59 Å². The summed E-state index contributed by atoms with van der Waals surface area (Å²) in [5, 5.41) is 5.51. The molecule has 0 saturated heterocycles. The molecule has 0 radical (unpaired) electrons. The first-order valence-corrected chi connectivity index (χ1v) is 7.30. The maximum Gasteiger partial charge on any atom is 0.350 e. The van der Waals surface area contributed by atoms with Gasteiger partial charge in [-0.05, 0) is 11.4 Å². The van der Waals surface area contributed by atoms with Crippen LogP contribution >= 0.6 is 22.7 Å². The molecule has 0 atom stereocenters. The minimum atomic E-state index is -0.678. The van der Waals surface area contributed by atoms with Crippen molar-refractivity contribution in [3.63, 3.8) is 0 Å². The molecule has 5 N–H and O–H groups in total. The van der Waals surface area contributed by atoms with Gasteiger partial charge in [-0.2, -0.15) is 0 Å². The quantitative estimate of drug-likeness (QED) is 0.731. The molecule has 0 aliphatic heterocycles. The summed E-state index contributed by atoms with van der Waals surface area (Å²) in [7, 11) is 1.25. The van der Waals surface area contributed by atoms with E-state index in [0.717, 1.165) is 16.2 Å². The Balaban J connectivity index is 2.31. The molecule has 106 valence electrons. The lowest BCUT2D eigenvalue weighted by Crippen LogP contribution is -2.15. The van der Waals surface area contributed by atoms with E-state index in [1.54, 1.807) is 11.3 Å². The molecular formula is C12H13N3O3S2. The number of nitrogens with one attached hydrogen (secondary N) is 1. The maximum absolute atomic E-state index is 11.6. The molecule has 6 nitrogen and oxygen atoms in total. The average molecular weight is 311 g/mol. The van der Waals surface area contributed by atoms with E-state index >= 15 is 0 Å². The molecular weight excluding hydrogens is 298 g/mol. The Labute approximate surface area is 123 Å². The van der Waals surface area contributed by atoms with Crippen molar-refractivity contribution >= 4 is 45.2 Å². The van der Waals surface area contributed by atoms with Crippen molar-refractivity contribution in [1.29, 1.82) is 0 Å². The Morgan fingerprint density at radius 2 is 2.20 bits per heavy atom. The van der Waals surface area contributed by atoms with Crippen molar-refractivity contribution in [2.45, 2.75) is 6.54 Å². The summed E-state index contributed by atoms with van der Waals surface area (Å²) in [5.41, 5.74) is 11.3. The van der Waals surface area contributed by atoms with Crippen LogP contribution in [-0.2, 0) is 11.3 Å². The van der Waals surface area contributed by atoms with Gasteiger partial charge < -0.3 is 21.5 Å². The number of carbonyl (C=O) groups excluding carboxylic acids is 2. The van der Waals surface area contributed by atoms with Gasteiger partial charge in [0.2, 0.25) is 0 Å². The second-order valence-corrected chi connectivity index (χ2v) is 5.89. The van der Waals surface area contributed by atoms with E-state index in [1.807, 2.05) is 17.5 Å². The number of ether oxygens (including phenoxy) is 1. The van der Waals surface area contributed by atoms with Crippen LogP contribution in [0.5, 0.6) is 0 Å². The summed E-state index contributed by atoms with van der Waals surface area (Å²) in [6.07, 6.45) is 0. The number of hydrogen-bond donors (Lipinski definition) is 3. The molecule has 2 aromatic heterocycles. The van der Waals surface area contributed by atoms with Crippen molar-refractivity contribution in [2.75, 3.05) is 18.2 Å². The molecule has 8 heteroatoms. The van der Waals surface area contributed by atoms with Gasteiger partial charge in [-0.25, -0.2) is 4.79 Å². The molecule has 2 rings (SSSR count). The normalized spacial score (nSPS) is 10.2. The minimum Gasteiger partial charge on any atom is -0.465 e. The van der Waals surface area contributed by atoms with Gasteiger partial charge in [0.05, 0.1) is 24.9 Å². The fourth-order valence-electron chi connectivity index (χ4n) is 1.64. The zero-order valence-corrected chi connectivity index (χ0v) is 12.3. The second kappa shape index (κ2) is 5.93. The van der Waals surface area contributed by atoms with E-state index in [0.29, 0.717) is 11.5 Å². The van der Waals surface area contributed by atoms with Gasteiger partial charge in [0.1, 0.15) is 9.88 Å². The Kier molecular flexibility index (Phi) is 4.26. The van der Waals surface area contributed by atoms with Crippen LogP contribution in [0, 0.1) is 0 Å². The number of thiophene rings is 2. The fraction of sp³-hybridized carbons (Fsp3) is 0.167. The third kappa shape index (κ3) is 2.75. The highest BCUT2D eigenvalue weighted by Gasteiger charge is 2.24. The van der Waals surface area contributed by atoms with Crippen LogP contribution < -0.4 is 16.8 Å². The van der Waals surface area contributed by atoms with E-state index < -0.39 is 11.9 Å². The van der Waals surface area contributed by atoms with Crippen LogP contribution in [0.25, 0.3) is 0 Å². The van der Waals surface area contributed by atoms with E-state index in [4.69, 9.17) is 11.5 Å². The van der Waals surface area contributed by atoms with Crippen molar-refractivity contribution in [3.8, 4) is 0 Å².